The standard InChI is InChI=1S/C21H28.C6H6O.C4H8.C2H6/c1-5-17-8-12-19(13-9-17)20-14-10-18(11-15-20)16-21(4,6-2)7-3;7-6-4-2-1-3-5-6;1-3-4-2;1-2/h8-15H,5-7,16H2,1-4H3;1-5,7H;3-4H,1-2H3;1-2H3/b;;4-3-;. The van der Waals surface area contributed by atoms with E-state index in [2.05, 4.69) is 76.2 Å². The molecule has 0 bridgehead atoms. The number of phenols is 1. The molecule has 1 N–H and O–H groups in total. The first-order chi connectivity index (χ1) is 16.4. The van der Waals surface area contributed by atoms with Crippen molar-refractivity contribution in [2.75, 3.05) is 0 Å². The van der Waals surface area contributed by atoms with Crippen molar-refractivity contribution in [2.24, 2.45) is 5.41 Å². The zero-order valence-electron chi connectivity index (χ0n) is 22.9. The first-order valence-electron chi connectivity index (χ1n) is 12.9. The minimum Gasteiger partial charge on any atom is -0.508 e. The second kappa shape index (κ2) is 18.6. The van der Waals surface area contributed by atoms with E-state index in [1.165, 1.54) is 41.5 Å². The van der Waals surface area contributed by atoms with Crippen LogP contribution in [0.4, 0.5) is 0 Å². The zero-order chi connectivity index (χ0) is 25.8. The quantitative estimate of drug-likeness (QED) is 0.363. The van der Waals surface area contributed by atoms with Crippen LogP contribution in [-0.2, 0) is 12.8 Å². The van der Waals surface area contributed by atoms with Crippen molar-refractivity contribution in [3.63, 3.8) is 0 Å². The summed E-state index contributed by atoms with van der Waals surface area (Å²) in [5, 5.41) is 8.63. The average Bonchev–Trinajstić information content (AvgIpc) is 2.91. The minimum atomic E-state index is 0.322. The van der Waals surface area contributed by atoms with E-state index in [9.17, 15) is 0 Å². The summed E-state index contributed by atoms with van der Waals surface area (Å²) in [5.74, 6) is 0.322. The summed E-state index contributed by atoms with van der Waals surface area (Å²) in [6.07, 6.45) is 8.76. The molecule has 0 unspecified atom stereocenters. The predicted octanol–water partition coefficient (Wildman–Crippen LogP) is 10.3. The van der Waals surface area contributed by atoms with Gasteiger partial charge < -0.3 is 5.11 Å². The molecule has 0 fully saturated rings. The molecule has 0 amide bonds. The summed E-state index contributed by atoms with van der Waals surface area (Å²) >= 11 is 0. The van der Waals surface area contributed by atoms with E-state index >= 15 is 0 Å². The Morgan fingerprint density at radius 2 is 1.06 bits per heavy atom. The maximum Gasteiger partial charge on any atom is 0.115 e. The van der Waals surface area contributed by atoms with Crippen molar-refractivity contribution >= 4 is 0 Å². The fourth-order valence-electron chi connectivity index (χ4n) is 3.17. The number of hydrogen-bond donors (Lipinski definition) is 1. The highest BCUT2D eigenvalue weighted by Gasteiger charge is 2.19. The molecule has 0 saturated heterocycles. The Balaban J connectivity index is 0.000000687. The molecule has 3 aromatic carbocycles. The van der Waals surface area contributed by atoms with Gasteiger partial charge in [0.2, 0.25) is 0 Å². The van der Waals surface area contributed by atoms with Crippen LogP contribution in [-0.4, -0.2) is 5.11 Å². The van der Waals surface area contributed by atoms with Gasteiger partial charge in [-0.2, -0.15) is 0 Å². The van der Waals surface area contributed by atoms with Crippen molar-refractivity contribution in [3.05, 3.63) is 102 Å². The molecule has 0 spiro atoms. The molecule has 186 valence electrons. The van der Waals surface area contributed by atoms with Gasteiger partial charge >= 0.3 is 0 Å². The summed E-state index contributed by atoms with van der Waals surface area (Å²) in [5.41, 5.74) is 5.92. The van der Waals surface area contributed by atoms with Gasteiger partial charge in [0.15, 0.2) is 0 Å². The van der Waals surface area contributed by atoms with Gasteiger partial charge in [0.1, 0.15) is 5.75 Å². The summed E-state index contributed by atoms with van der Waals surface area (Å²) in [6, 6.07) is 26.8. The Kier molecular flexibility index (Phi) is 17.1. The molecule has 0 aliphatic heterocycles. The molecule has 34 heavy (non-hydrogen) atoms. The molecule has 0 heterocycles. The molecule has 0 aromatic heterocycles. The number of allylic oxidation sites excluding steroid dienone is 2. The van der Waals surface area contributed by atoms with Crippen LogP contribution >= 0.6 is 0 Å². The van der Waals surface area contributed by atoms with Crippen LogP contribution in [0.2, 0.25) is 0 Å². The van der Waals surface area contributed by atoms with Gasteiger partial charge in [-0.15, -0.1) is 0 Å². The number of aryl methyl sites for hydroxylation is 1. The molecule has 3 aromatic rings. The van der Waals surface area contributed by atoms with E-state index in [0.29, 0.717) is 11.2 Å². The smallest absolute Gasteiger partial charge is 0.115 e. The summed E-state index contributed by atoms with van der Waals surface area (Å²) in [7, 11) is 0. The summed E-state index contributed by atoms with van der Waals surface area (Å²) in [6.45, 7) is 17.2. The molecule has 1 heteroatoms. The third kappa shape index (κ3) is 12.4. The lowest BCUT2D eigenvalue weighted by Gasteiger charge is -2.26. The highest BCUT2D eigenvalue weighted by molar-refractivity contribution is 5.64. The average molecular weight is 461 g/mol. The van der Waals surface area contributed by atoms with Gasteiger partial charge in [-0.1, -0.05) is 133 Å². The van der Waals surface area contributed by atoms with Crippen LogP contribution in [0.25, 0.3) is 11.1 Å². The third-order valence-electron chi connectivity index (χ3n) is 6.08. The van der Waals surface area contributed by atoms with Crippen molar-refractivity contribution in [1.82, 2.24) is 0 Å². The van der Waals surface area contributed by atoms with Gasteiger partial charge in [0, 0.05) is 0 Å². The number of phenolic OH excluding ortho intramolecular Hbond substituents is 1. The maximum absolute atomic E-state index is 8.63. The Morgan fingerprint density at radius 3 is 1.35 bits per heavy atom. The molecular formula is C33H48O. The number of benzene rings is 3. The van der Waals surface area contributed by atoms with Crippen LogP contribution < -0.4 is 0 Å². The van der Waals surface area contributed by atoms with Crippen LogP contribution in [0, 0.1) is 5.41 Å². The van der Waals surface area contributed by atoms with Crippen molar-refractivity contribution in [3.8, 4) is 16.9 Å². The highest BCUT2D eigenvalue weighted by Crippen LogP contribution is 2.31. The lowest BCUT2D eigenvalue weighted by Crippen LogP contribution is -2.17. The predicted molar refractivity (Wildman–Crippen MR) is 154 cm³/mol. The Labute approximate surface area is 210 Å². The molecule has 1 nitrogen and oxygen atoms in total. The number of para-hydroxylation sites is 1. The summed E-state index contributed by atoms with van der Waals surface area (Å²) in [4.78, 5) is 0. The van der Waals surface area contributed by atoms with Crippen LogP contribution in [0.3, 0.4) is 0 Å². The van der Waals surface area contributed by atoms with E-state index < -0.39 is 0 Å². The van der Waals surface area contributed by atoms with E-state index in [1.54, 1.807) is 24.3 Å². The van der Waals surface area contributed by atoms with E-state index in [0.717, 1.165) is 6.42 Å². The van der Waals surface area contributed by atoms with Crippen LogP contribution in [0.5, 0.6) is 5.75 Å². The minimum absolute atomic E-state index is 0.322. The number of aromatic hydroxyl groups is 1. The van der Waals surface area contributed by atoms with E-state index in [1.807, 2.05) is 45.9 Å². The molecule has 0 aliphatic carbocycles. The van der Waals surface area contributed by atoms with Crippen molar-refractivity contribution in [1.29, 1.82) is 0 Å². The molecule has 0 saturated carbocycles. The van der Waals surface area contributed by atoms with E-state index in [-0.39, 0.29) is 0 Å². The highest BCUT2D eigenvalue weighted by atomic mass is 16.3. The fourth-order valence-corrected chi connectivity index (χ4v) is 3.17. The normalized spacial score (nSPS) is 10.2. The molecule has 3 rings (SSSR count). The third-order valence-corrected chi connectivity index (χ3v) is 6.08. The largest absolute Gasteiger partial charge is 0.508 e. The maximum atomic E-state index is 8.63. The zero-order valence-corrected chi connectivity index (χ0v) is 22.9. The van der Waals surface area contributed by atoms with Gasteiger partial charge in [-0.05, 0) is 66.5 Å². The lowest BCUT2D eigenvalue weighted by atomic mass is 9.79. The van der Waals surface area contributed by atoms with Crippen molar-refractivity contribution < 1.29 is 5.11 Å². The molecular weight excluding hydrogens is 412 g/mol. The van der Waals surface area contributed by atoms with Gasteiger partial charge in [0.05, 0.1) is 0 Å². The summed E-state index contributed by atoms with van der Waals surface area (Å²) < 4.78 is 0. The molecule has 0 atom stereocenters. The van der Waals surface area contributed by atoms with Gasteiger partial charge in [0.25, 0.3) is 0 Å². The Hall–Kier alpha value is -2.80. The SMILES string of the molecule is C/C=C\C.CC.CCc1ccc(-c2ccc(CC(C)(CC)CC)cc2)cc1.Oc1ccccc1. The monoisotopic (exact) mass is 460 g/mol. The first kappa shape index (κ1) is 31.2. The van der Waals surface area contributed by atoms with Crippen LogP contribution in [0.15, 0.2) is 91.0 Å². The number of rotatable bonds is 6. The lowest BCUT2D eigenvalue weighted by molar-refractivity contribution is 0.296. The number of hydrogen-bond acceptors (Lipinski definition) is 1. The topological polar surface area (TPSA) is 20.2 Å². The Morgan fingerprint density at radius 1 is 0.647 bits per heavy atom. The van der Waals surface area contributed by atoms with Gasteiger partial charge in [-0.25, -0.2) is 0 Å². The Bertz CT molecular complexity index is 866. The molecule has 0 aliphatic rings. The van der Waals surface area contributed by atoms with Crippen molar-refractivity contribution in [2.45, 2.75) is 81.1 Å². The first-order valence-corrected chi connectivity index (χ1v) is 12.9. The van der Waals surface area contributed by atoms with E-state index in [4.69, 9.17) is 5.11 Å². The van der Waals surface area contributed by atoms with Crippen LogP contribution in [0.1, 0.15) is 79.4 Å². The second-order valence-corrected chi connectivity index (χ2v) is 8.44. The van der Waals surface area contributed by atoms with Gasteiger partial charge in [-0.3, -0.25) is 0 Å². The fraction of sp³-hybridized carbons (Fsp3) is 0.394. The molecule has 0 radical (unpaired) electrons. The second-order valence-electron chi connectivity index (χ2n) is 8.44.